The second-order valence-corrected chi connectivity index (χ2v) is 4.51. The lowest BCUT2D eigenvalue weighted by atomic mass is 10.1. The molecule has 0 saturated heterocycles. The Labute approximate surface area is 125 Å². The first-order chi connectivity index (χ1) is 10.1. The highest BCUT2D eigenvalue weighted by Gasteiger charge is 2.17. The average Bonchev–Trinajstić information content (AvgIpc) is 2.52. The van der Waals surface area contributed by atoms with Crippen molar-refractivity contribution in [2.24, 2.45) is 0 Å². The Morgan fingerprint density at radius 2 is 1.71 bits per heavy atom. The van der Waals surface area contributed by atoms with Gasteiger partial charge in [-0.15, -0.1) is 0 Å². The summed E-state index contributed by atoms with van der Waals surface area (Å²) in [5.74, 6) is 1.07. The van der Waals surface area contributed by atoms with Gasteiger partial charge in [-0.1, -0.05) is 6.92 Å². The van der Waals surface area contributed by atoms with Gasteiger partial charge in [0.05, 0.1) is 33.0 Å². The van der Waals surface area contributed by atoms with Crippen LogP contribution in [-0.2, 0) is 0 Å². The van der Waals surface area contributed by atoms with Gasteiger partial charge in [0.2, 0.25) is 0 Å². The molecule has 0 saturated carbocycles. The molecule has 6 nitrogen and oxygen atoms in total. The minimum Gasteiger partial charge on any atom is -0.496 e. The summed E-state index contributed by atoms with van der Waals surface area (Å²) in [7, 11) is 4.51. The molecule has 0 fully saturated rings. The largest absolute Gasteiger partial charge is 0.496 e. The Morgan fingerprint density at radius 3 is 2.24 bits per heavy atom. The molecular weight excluding hydrogens is 274 g/mol. The maximum Gasteiger partial charge on any atom is 0.255 e. The van der Waals surface area contributed by atoms with Crippen molar-refractivity contribution in [1.82, 2.24) is 5.32 Å². The van der Waals surface area contributed by atoms with Crippen LogP contribution in [0.4, 0.5) is 0 Å². The molecule has 1 rings (SSSR count). The quantitative estimate of drug-likeness (QED) is 0.762. The van der Waals surface area contributed by atoms with Crippen molar-refractivity contribution in [3.8, 4) is 17.2 Å². The second-order valence-electron chi connectivity index (χ2n) is 4.51. The molecule has 0 bridgehead atoms. The van der Waals surface area contributed by atoms with Crippen LogP contribution in [0.3, 0.4) is 0 Å². The highest BCUT2D eigenvalue weighted by Crippen LogP contribution is 2.34. The summed E-state index contributed by atoms with van der Waals surface area (Å²) < 4.78 is 15.6. The monoisotopic (exact) mass is 297 g/mol. The molecule has 0 aromatic heterocycles. The number of ether oxygens (including phenoxy) is 3. The molecule has 118 valence electrons. The number of methoxy groups -OCH3 is 3. The van der Waals surface area contributed by atoms with E-state index in [1.807, 2.05) is 6.92 Å². The minimum absolute atomic E-state index is 0.281. The van der Waals surface area contributed by atoms with E-state index in [2.05, 4.69) is 5.32 Å². The van der Waals surface area contributed by atoms with Crippen LogP contribution in [0.2, 0.25) is 0 Å². The number of carbonyl (C=O) groups excluding carboxylic acids is 1. The van der Waals surface area contributed by atoms with Gasteiger partial charge in [-0.3, -0.25) is 4.79 Å². The number of nitrogens with one attached hydrogen (secondary N) is 1. The van der Waals surface area contributed by atoms with Crippen molar-refractivity contribution < 1.29 is 24.1 Å². The van der Waals surface area contributed by atoms with Crippen LogP contribution in [0.5, 0.6) is 17.2 Å². The molecule has 0 aliphatic rings. The van der Waals surface area contributed by atoms with E-state index in [4.69, 9.17) is 14.2 Å². The van der Waals surface area contributed by atoms with Crippen LogP contribution in [0.25, 0.3) is 0 Å². The highest BCUT2D eigenvalue weighted by atomic mass is 16.5. The van der Waals surface area contributed by atoms with Crippen molar-refractivity contribution in [2.45, 2.75) is 25.9 Å². The van der Waals surface area contributed by atoms with Gasteiger partial charge in [-0.2, -0.15) is 0 Å². The summed E-state index contributed by atoms with van der Waals surface area (Å²) in [5.41, 5.74) is 0.362. The molecule has 0 aliphatic carbocycles. The predicted molar refractivity (Wildman–Crippen MR) is 79.3 cm³/mol. The minimum atomic E-state index is -0.405. The number of aliphatic hydroxyl groups excluding tert-OH is 1. The van der Waals surface area contributed by atoms with Crippen LogP contribution in [0.1, 0.15) is 30.1 Å². The Bertz CT molecular complexity index is 475. The fourth-order valence-electron chi connectivity index (χ4n) is 1.86. The second kappa shape index (κ2) is 8.36. The molecule has 1 aromatic rings. The molecule has 21 heavy (non-hydrogen) atoms. The zero-order chi connectivity index (χ0) is 15.8. The van der Waals surface area contributed by atoms with E-state index in [-0.39, 0.29) is 5.91 Å². The van der Waals surface area contributed by atoms with Crippen LogP contribution < -0.4 is 19.5 Å². The first-order valence-corrected chi connectivity index (χ1v) is 6.83. The molecule has 2 N–H and O–H groups in total. The number of rotatable bonds is 8. The summed E-state index contributed by atoms with van der Waals surface area (Å²) in [4.78, 5) is 12.2. The molecule has 1 unspecified atom stereocenters. The van der Waals surface area contributed by atoms with Gasteiger partial charge in [0, 0.05) is 18.7 Å². The van der Waals surface area contributed by atoms with Crippen LogP contribution in [0.15, 0.2) is 12.1 Å². The number of carbonyl (C=O) groups is 1. The smallest absolute Gasteiger partial charge is 0.255 e. The zero-order valence-electron chi connectivity index (χ0n) is 12.9. The standard InChI is InChI=1S/C15H23NO5/c1-5-10(17)6-7-16-15(18)11-8-13(20-3)14(21-4)9-12(11)19-2/h8-10,17H,5-7H2,1-4H3,(H,16,18). The first kappa shape index (κ1) is 17.1. The summed E-state index contributed by atoms with van der Waals surface area (Å²) in [6, 6.07) is 3.18. The topological polar surface area (TPSA) is 77.0 Å². The van der Waals surface area contributed by atoms with Gasteiger partial charge in [0.15, 0.2) is 11.5 Å². The number of hydrogen-bond donors (Lipinski definition) is 2. The van der Waals surface area contributed by atoms with Gasteiger partial charge in [0.1, 0.15) is 5.75 Å². The van der Waals surface area contributed by atoms with Gasteiger partial charge >= 0.3 is 0 Å². The van der Waals surface area contributed by atoms with Gasteiger partial charge in [-0.05, 0) is 12.8 Å². The maximum atomic E-state index is 12.2. The van der Waals surface area contributed by atoms with Crippen molar-refractivity contribution in [1.29, 1.82) is 0 Å². The predicted octanol–water partition coefficient (Wildman–Crippen LogP) is 1.60. The Kier molecular flexibility index (Phi) is 6.81. The molecule has 0 radical (unpaired) electrons. The third-order valence-corrected chi connectivity index (χ3v) is 3.18. The molecule has 1 amide bonds. The highest BCUT2D eigenvalue weighted by molar-refractivity contribution is 5.97. The van der Waals surface area contributed by atoms with E-state index in [1.54, 1.807) is 12.1 Å². The molecule has 0 aliphatic heterocycles. The zero-order valence-corrected chi connectivity index (χ0v) is 12.9. The number of aliphatic hydroxyl groups is 1. The van der Waals surface area contributed by atoms with Crippen molar-refractivity contribution in [3.63, 3.8) is 0 Å². The average molecular weight is 297 g/mol. The fraction of sp³-hybridized carbons (Fsp3) is 0.533. The summed E-state index contributed by atoms with van der Waals surface area (Å²) in [6.07, 6.45) is 0.769. The van der Waals surface area contributed by atoms with E-state index in [9.17, 15) is 9.90 Å². The van der Waals surface area contributed by atoms with Crippen LogP contribution >= 0.6 is 0 Å². The Balaban J connectivity index is 2.87. The van der Waals surface area contributed by atoms with E-state index in [0.29, 0.717) is 42.2 Å². The van der Waals surface area contributed by atoms with E-state index >= 15 is 0 Å². The third-order valence-electron chi connectivity index (χ3n) is 3.18. The van der Waals surface area contributed by atoms with Crippen molar-refractivity contribution in [2.75, 3.05) is 27.9 Å². The molecule has 6 heteroatoms. The molecule has 1 aromatic carbocycles. The molecular formula is C15H23NO5. The maximum absolute atomic E-state index is 12.2. The fourth-order valence-corrected chi connectivity index (χ4v) is 1.86. The van der Waals surface area contributed by atoms with E-state index in [0.717, 1.165) is 0 Å². The number of benzene rings is 1. The van der Waals surface area contributed by atoms with Gasteiger partial charge < -0.3 is 24.6 Å². The summed E-state index contributed by atoms with van der Waals surface area (Å²) in [6.45, 7) is 2.29. The number of hydrogen-bond acceptors (Lipinski definition) is 5. The number of amides is 1. The summed E-state index contributed by atoms with van der Waals surface area (Å²) >= 11 is 0. The van der Waals surface area contributed by atoms with E-state index < -0.39 is 6.10 Å². The Hall–Kier alpha value is -1.95. The van der Waals surface area contributed by atoms with Gasteiger partial charge in [0.25, 0.3) is 5.91 Å². The lowest BCUT2D eigenvalue weighted by molar-refractivity contribution is 0.0938. The molecule has 0 heterocycles. The van der Waals surface area contributed by atoms with E-state index in [1.165, 1.54) is 21.3 Å². The molecule has 1 atom stereocenters. The Morgan fingerprint density at radius 1 is 1.14 bits per heavy atom. The molecule has 0 spiro atoms. The van der Waals surface area contributed by atoms with Crippen molar-refractivity contribution >= 4 is 5.91 Å². The summed E-state index contributed by atoms with van der Waals surface area (Å²) in [5, 5.41) is 12.2. The third kappa shape index (κ3) is 4.53. The lowest BCUT2D eigenvalue weighted by Crippen LogP contribution is -2.27. The lowest BCUT2D eigenvalue weighted by Gasteiger charge is -2.14. The van der Waals surface area contributed by atoms with Crippen LogP contribution in [-0.4, -0.2) is 45.0 Å². The van der Waals surface area contributed by atoms with Crippen LogP contribution in [0, 0.1) is 0 Å². The normalized spacial score (nSPS) is 11.7. The van der Waals surface area contributed by atoms with Crippen molar-refractivity contribution in [3.05, 3.63) is 17.7 Å². The van der Waals surface area contributed by atoms with Gasteiger partial charge in [-0.25, -0.2) is 0 Å². The first-order valence-electron chi connectivity index (χ1n) is 6.83. The SMILES string of the molecule is CCC(O)CCNC(=O)c1cc(OC)c(OC)cc1OC.